The fraction of sp³-hybridized carbons (Fsp3) is 0.333. The highest BCUT2D eigenvalue weighted by molar-refractivity contribution is 9.10. The maximum atomic E-state index is 9.06. The maximum absolute atomic E-state index is 9.06. The molecule has 1 rings (SSSR count). The van der Waals surface area contributed by atoms with Crippen LogP contribution in [0.4, 0.5) is 0 Å². The van der Waals surface area contributed by atoms with Gasteiger partial charge in [0.2, 0.25) is 0 Å². The first-order valence-corrected chi connectivity index (χ1v) is 6.94. The van der Waals surface area contributed by atoms with Crippen molar-refractivity contribution in [3.8, 4) is 0 Å². The first-order chi connectivity index (χ1) is 6.47. The van der Waals surface area contributed by atoms with Crippen LogP contribution < -0.4 is 4.72 Å². The van der Waals surface area contributed by atoms with Crippen LogP contribution in [0, 0.1) is 0 Å². The molecule has 0 unspecified atom stereocenters. The molecule has 0 fully saturated rings. The second-order valence-corrected chi connectivity index (χ2v) is 5.98. The Kier molecular flexibility index (Phi) is 4.40. The lowest BCUT2D eigenvalue weighted by Crippen LogP contribution is -2.21. The third kappa shape index (κ3) is 4.97. The van der Waals surface area contributed by atoms with Gasteiger partial charge in [-0.3, -0.25) is 9.11 Å². The van der Waals surface area contributed by atoms with Crippen LogP contribution in [0.3, 0.4) is 0 Å². The smallest absolute Gasteiger partial charge is 0.0416 e. The number of rotatable bonds is 4. The Balaban J connectivity index is 2.35. The molecule has 0 spiro atoms. The summed E-state index contributed by atoms with van der Waals surface area (Å²) in [7, 11) is -2.56. The molecule has 0 aliphatic heterocycles. The minimum atomic E-state index is -2.56. The summed E-state index contributed by atoms with van der Waals surface area (Å²) in [5, 5.41) is 0. The van der Waals surface area contributed by atoms with E-state index in [1.165, 1.54) is 11.8 Å². The highest BCUT2D eigenvalue weighted by atomic mass is 79.9. The van der Waals surface area contributed by atoms with Gasteiger partial charge in [-0.05, 0) is 24.1 Å². The molecule has 0 aliphatic rings. The molecule has 0 heterocycles. The van der Waals surface area contributed by atoms with E-state index >= 15 is 0 Å². The molecule has 0 aliphatic carbocycles. The van der Waals surface area contributed by atoms with Crippen molar-refractivity contribution in [2.24, 2.45) is 0 Å². The average molecular weight is 280 g/mol. The largest absolute Gasteiger partial charge is 0.286 e. The number of benzene rings is 1. The van der Waals surface area contributed by atoms with Crippen molar-refractivity contribution in [1.29, 1.82) is 0 Å². The van der Waals surface area contributed by atoms with E-state index in [2.05, 4.69) is 20.7 Å². The van der Waals surface area contributed by atoms with Crippen LogP contribution in [0.25, 0.3) is 0 Å². The summed E-state index contributed by atoms with van der Waals surface area (Å²) in [4.78, 5) is 0. The predicted molar refractivity (Wildman–Crippen MR) is 64.6 cm³/mol. The van der Waals surface area contributed by atoms with E-state index in [4.69, 9.17) is 9.11 Å². The van der Waals surface area contributed by atoms with Gasteiger partial charge in [0.05, 0.1) is 0 Å². The third-order valence-electron chi connectivity index (χ3n) is 1.70. The summed E-state index contributed by atoms with van der Waals surface area (Å²) in [5.74, 6) is 0. The lowest BCUT2D eigenvalue weighted by molar-refractivity contribution is 0.478. The molecule has 1 aromatic carbocycles. The van der Waals surface area contributed by atoms with Crippen LogP contribution in [0.5, 0.6) is 0 Å². The molecule has 0 bridgehead atoms. The van der Waals surface area contributed by atoms with Crippen LogP contribution in [0.1, 0.15) is 5.56 Å². The Morgan fingerprint density at radius 1 is 1.29 bits per heavy atom. The van der Waals surface area contributed by atoms with E-state index in [9.17, 15) is 0 Å². The van der Waals surface area contributed by atoms with E-state index < -0.39 is 10.8 Å². The van der Waals surface area contributed by atoms with Gasteiger partial charge in [0.1, 0.15) is 0 Å². The Bertz CT molecular complexity index is 284. The molecule has 0 amide bonds. The Hall–Kier alpha value is -0.0700. The molecule has 5 heteroatoms. The van der Waals surface area contributed by atoms with Crippen LogP contribution in [0.2, 0.25) is 0 Å². The summed E-state index contributed by atoms with van der Waals surface area (Å²) >= 11 is 3.35. The van der Waals surface area contributed by atoms with Crippen molar-refractivity contribution >= 4 is 26.7 Å². The first-order valence-electron chi connectivity index (χ1n) is 4.19. The fourth-order valence-electron chi connectivity index (χ4n) is 1.04. The maximum Gasteiger partial charge on any atom is 0.0416 e. The molecule has 0 saturated heterocycles. The van der Waals surface area contributed by atoms with Crippen molar-refractivity contribution < 1.29 is 9.11 Å². The second-order valence-electron chi connectivity index (χ2n) is 3.10. The quantitative estimate of drug-likeness (QED) is 0.795. The Morgan fingerprint density at radius 2 is 1.86 bits per heavy atom. The Morgan fingerprint density at radius 3 is 2.36 bits per heavy atom. The average Bonchev–Trinajstić information content (AvgIpc) is 2.06. The van der Waals surface area contributed by atoms with Crippen LogP contribution in [-0.4, -0.2) is 21.9 Å². The van der Waals surface area contributed by atoms with Crippen LogP contribution >= 0.6 is 26.7 Å². The molecule has 0 atom stereocenters. The molecular weight excluding hydrogens is 266 g/mol. The number of hydrogen-bond donors (Lipinski definition) is 3. The summed E-state index contributed by atoms with van der Waals surface area (Å²) < 4.78 is 21.8. The first kappa shape index (κ1) is 12.0. The second kappa shape index (κ2) is 5.14. The standard InChI is InChI=1S/C9H14BrNO2S/c1-14(12,13)11-7-6-8-2-4-9(10)5-3-8/h2-5,11-13H,6-7H2,1H3. The molecule has 0 saturated carbocycles. The van der Waals surface area contributed by atoms with Gasteiger partial charge in [0.15, 0.2) is 0 Å². The van der Waals surface area contributed by atoms with Crippen molar-refractivity contribution in [1.82, 2.24) is 4.72 Å². The highest BCUT2D eigenvalue weighted by Crippen LogP contribution is 2.26. The van der Waals surface area contributed by atoms with Crippen LogP contribution in [-0.2, 0) is 6.42 Å². The molecule has 3 nitrogen and oxygen atoms in total. The zero-order valence-corrected chi connectivity index (χ0v) is 10.3. The van der Waals surface area contributed by atoms with Gasteiger partial charge in [0.25, 0.3) is 0 Å². The van der Waals surface area contributed by atoms with Gasteiger partial charge in [-0.25, -0.2) is 4.72 Å². The molecule has 0 radical (unpaired) electrons. The molecular formula is C9H14BrNO2S. The number of hydrogen-bond acceptors (Lipinski definition) is 3. The fourth-order valence-corrected chi connectivity index (χ4v) is 1.79. The summed E-state index contributed by atoms with van der Waals surface area (Å²) in [6.07, 6.45) is 2.17. The van der Waals surface area contributed by atoms with E-state index in [1.807, 2.05) is 24.3 Å². The zero-order chi connectivity index (χ0) is 10.6. The van der Waals surface area contributed by atoms with Crippen molar-refractivity contribution in [2.45, 2.75) is 6.42 Å². The lowest BCUT2D eigenvalue weighted by Gasteiger charge is -2.27. The zero-order valence-electron chi connectivity index (χ0n) is 7.90. The SMILES string of the molecule is CS(O)(O)NCCc1ccc(Br)cc1. The molecule has 80 valence electrons. The molecule has 14 heavy (non-hydrogen) atoms. The highest BCUT2D eigenvalue weighted by Gasteiger charge is 2.01. The predicted octanol–water partition coefficient (Wildman–Crippen LogP) is 2.88. The van der Waals surface area contributed by atoms with Gasteiger partial charge in [-0.2, -0.15) is 0 Å². The normalized spacial score (nSPS) is 12.9. The van der Waals surface area contributed by atoms with Crippen molar-refractivity contribution in [3.05, 3.63) is 34.3 Å². The van der Waals surface area contributed by atoms with Gasteiger partial charge in [-0.1, -0.05) is 28.1 Å². The molecule has 3 N–H and O–H groups in total. The van der Waals surface area contributed by atoms with E-state index in [0.717, 1.165) is 10.9 Å². The molecule has 1 aromatic rings. The summed E-state index contributed by atoms with van der Waals surface area (Å²) in [6, 6.07) is 7.96. The summed E-state index contributed by atoms with van der Waals surface area (Å²) in [6.45, 7) is 0.570. The van der Waals surface area contributed by atoms with Crippen molar-refractivity contribution in [2.75, 3.05) is 12.8 Å². The topological polar surface area (TPSA) is 52.5 Å². The van der Waals surface area contributed by atoms with E-state index in [0.29, 0.717) is 6.54 Å². The van der Waals surface area contributed by atoms with E-state index in [-0.39, 0.29) is 0 Å². The molecule has 0 aromatic heterocycles. The third-order valence-corrected chi connectivity index (χ3v) is 2.98. The monoisotopic (exact) mass is 279 g/mol. The minimum Gasteiger partial charge on any atom is -0.286 e. The Labute approximate surface area is 94.1 Å². The lowest BCUT2D eigenvalue weighted by atomic mass is 10.2. The van der Waals surface area contributed by atoms with Gasteiger partial charge >= 0.3 is 0 Å². The van der Waals surface area contributed by atoms with Crippen LogP contribution in [0.15, 0.2) is 28.7 Å². The van der Waals surface area contributed by atoms with Gasteiger partial charge < -0.3 is 0 Å². The van der Waals surface area contributed by atoms with Crippen molar-refractivity contribution in [3.63, 3.8) is 0 Å². The number of halogens is 1. The van der Waals surface area contributed by atoms with Gasteiger partial charge in [-0.15, -0.1) is 10.8 Å². The minimum absolute atomic E-state index is 0.570. The van der Waals surface area contributed by atoms with E-state index in [1.54, 1.807) is 0 Å². The summed E-state index contributed by atoms with van der Waals surface area (Å²) in [5.41, 5.74) is 1.17. The van der Waals surface area contributed by atoms with Gasteiger partial charge in [0, 0.05) is 17.3 Å². The number of nitrogens with one attached hydrogen (secondary N) is 1.